The third-order valence-electron chi connectivity index (χ3n) is 1.90. The average molecular weight is 140 g/mol. The summed E-state index contributed by atoms with van der Waals surface area (Å²) >= 11 is 0. The third-order valence-corrected chi connectivity index (χ3v) is 1.90. The largest absolute Gasteiger partial charge is 0.387 e. The second-order valence-electron chi connectivity index (χ2n) is 2.77. The summed E-state index contributed by atoms with van der Waals surface area (Å²) in [4.78, 5) is 0. The first-order valence-corrected chi connectivity index (χ1v) is 4.01. The molecule has 0 unspecified atom stereocenters. The van der Waals surface area contributed by atoms with Gasteiger partial charge in [0.25, 0.3) is 0 Å². The highest BCUT2D eigenvalue weighted by Gasteiger charge is 2.08. The Labute approximate surface area is 62.7 Å². The van der Waals surface area contributed by atoms with E-state index < -0.39 is 0 Å². The maximum atomic E-state index is 3.65. The lowest BCUT2D eigenvalue weighted by Gasteiger charge is -2.13. The maximum Gasteiger partial charge on any atom is 0.0380 e. The predicted molar refractivity (Wildman–Crippen MR) is 43.8 cm³/mol. The van der Waals surface area contributed by atoms with Crippen molar-refractivity contribution in [2.45, 2.75) is 25.3 Å². The van der Waals surface area contributed by atoms with Crippen LogP contribution in [0.4, 0.5) is 0 Å². The van der Waals surface area contributed by atoms with Crippen molar-refractivity contribution >= 4 is 0 Å². The van der Waals surface area contributed by atoms with Gasteiger partial charge >= 0.3 is 0 Å². The molecule has 1 fully saturated rings. The zero-order valence-corrected chi connectivity index (χ0v) is 6.40. The van der Waals surface area contributed by atoms with Gasteiger partial charge in [0.1, 0.15) is 0 Å². The van der Waals surface area contributed by atoms with E-state index in [4.69, 9.17) is 0 Å². The first kappa shape index (κ1) is 7.61. The molecule has 0 saturated carbocycles. The molecule has 10 heavy (non-hydrogen) atoms. The van der Waals surface area contributed by atoms with Gasteiger partial charge in [-0.05, 0) is 25.6 Å². The number of nitrogens with one attached hydrogen (secondary N) is 2. The van der Waals surface area contributed by atoms with E-state index in [0.29, 0.717) is 6.04 Å². The zero-order chi connectivity index (χ0) is 7.23. The topological polar surface area (TPSA) is 24.1 Å². The average Bonchev–Trinajstić information content (AvgIpc) is 2.17. The molecule has 1 aliphatic heterocycles. The Morgan fingerprint density at radius 3 is 3.20 bits per heavy atom. The van der Waals surface area contributed by atoms with Gasteiger partial charge in [0.05, 0.1) is 0 Å². The summed E-state index contributed by atoms with van der Waals surface area (Å²) in [6, 6.07) is 0.611. The van der Waals surface area contributed by atoms with Gasteiger partial charge in [-0.25, -0.2) is 0 Å². The molecule has 0 aromatic heterocycles. The fourth-order valence-corrected chi connectivity index (χ4v) is 1.33. The second kappa shape index (κ2) is 4.34. The van der Waals surface area contributed by atoms with Gasteiger partial charge in [-0.3, -0.25) is 0 Å². The molecule has 0 bridgehead atoms. The molecule has 2 nitrogen and oxygen atoms in total. The quantitative estimate of drug-likeness (QED) is 0.594. The first-order valence-electron chi connectivity index (χ1n) is 4.01. The molecular formula is C8H16N2. The monoisotopic (exact) mass is 140 g/mol. The second-order valence-corrected chi connectivity index (χ2v) is 2.77. The molecule has 1 heterocycles. The van der Waals surface area contributed by atoms with Crippen LogP contribution in [-0.4, -0.2) is 19.1 Å². The number of hydrogen-bond acceptors (Lipinski definition) is 2. The third kappa shape index (κ3) is 2.40. The van der Waals surface area contributed by atoms with Gasteiger partial charge in [0.2, 0.25) is 0 Å². The Bertz CT molecular complexity index is 93.4. The van der Waals surface area contributed by atoms with Crippen LogP contribution >= 0.6 is 0 Å². The van der Waals surface area contributed by atoms with Crippen LogP contribution in [0, 0.1) is 0 Å². The minimum absolute atomic E-state index is 0.611. The summed E-state index contributed by atoms with van der Waals surface area (Å²) in [5, 5.41) is 6.60. The van der Waals surface area contributed by atoms with Crippen LogP contribution in [0.2, 0.25) is 0 Å². The molecule has 0 aromatic carbocycles. The normalized spacial score (nSPS) is 27.0. The van der Waals surface area contributed by atoms with Gasteiger partial charge < -0.3 is 10.6 Å². The summed E-state index contributed by atoms with van der Waals surface area (Å²) < 4.78 is 0. The van der Waals surface area contributed by atoms with Crippen molar-refractivity contribution in [1.82, 2.24) is 10.6 Å². The van der Waals surface area contributed by atoms with Gasteiger partial charge in [0, 0.05) is 12.6 Å². The van der Waals surface area contributed by atoms with Crippen LogP contribution in [0.15, 0.2) is 12.8 Å². The van der Waals surface area contributed by atoms with E-state index in [-0.39, 0.29) is 0 Å². The molecule has 0 aromatic rings. The van der Waals surface area contributed by atoms with Gasteiger partial charge in [-0.2, -0.15) is 0 Å². The molecule has 58 valence electrons. The Kier molecular flexibility index (Phi) is 3.30. The van der Waals surface area contributed by atoms with E-state index in [1.165, 1.54) is 25.8 Å². The van der Waals surface area contributed by atoms with E-state index in [1.807, 2.05) is 0 Å². The Morgan fingerprint density at radius 1 is 1.50 bits per heavy atom. The highest BCUT2D eigenvalue weighted by molar-refractivity contribution is 4.78. The molecule has 0 radical (unpaired) electrons. The summed E-state index contributed by atoms with van der Waals surface area (Å²) in [6.07, 6.45) is 5.71. The van der Waals surface area contributed by atoms with Crippen molar-refractivity contribution in [3.8, 4) is 0 Å². The standard InChI is InChI=1S/C8H16N2/c1-2-10-8-5-3-4-6-9-7-8/h2,8-10H,1,3-7H2/t8-/m1/s1. The number of rotatable bonds is 2. The van der Waals surface area contributed by atoms with E-state index in [2.05, 4.69) is 17.2 Å². The van der Waals surface area contributed by atoms with Gasteiger partial charge in [-0.15, -0.1) is 0 Å². The lowest BCUT2D eigenvalue weighted by atomic mass is 10.1. The lowest BCUT2D eigenvalue weighted by molar-refractivity contribution is 0.534. The Morgan fingerprint density at radius 2 is 2.40 bits per heavy atom. The maximum absolute atomic E-state index is 3.65. The van der Waals surface area contributed by atoms with Crippen LogP contribution in [0.5, 0.6) is 0 Å². The van der Waals surface area contributed by atoms with Crippen molar-refractivity contribution in [2.24, 2.45) is 0 Å². The molecule has 0 aliphatic carbocycles. The SMILES string of the molecule is C=CN[C@@H]1CCCCNC1. The molecule has 2 heteroatoms. The van der Waals surface area contributed by atoms with Gasteiger partial charge in [0.15, 0.2) is 0 Å². The van der Waals surface area contributed by atoms with Crippen LogP contribution in [-0.2, 0) is 0 Å². The van der Waals surface area contributed by atoms with Gasteiger partial charge in [-0.1, -0.05) is 13.0 Å². The van der Waals surface area contributed by atoms with Crippen LogP contribution in [0.3, 0.4) is 0 Å². The highest BCUT2D eigenvalue weighted by atomic mass is 15.0. The zero-order valence-electron chi connectivity index (χ0n) is 6.40. The first-order chi connectivity index (χ1) is 4.93. The van der Waals surface area contributed by atoms with E-state index in [0.717, 1.165) is 6.54 Å². The van der Waals surface area contributed by atoms with Crippen molar-refractivity contribution in [3.63, 3.8) is 0 Å². The molecule has 1 rings (SSSR count). The minimum atomic E-state index is 0.611. The number of hydrogen-bond donors (Lipinski definition) is 2. The molecular weight excluding hydrogens is 124 g/mol. The summed E-state index contributed by atoms with van der Waals surface area (Å²) in [5.41, 5.74) is 0. The van der Waals surface area contributed by atoms with Crippen LogP contribution in [0.1, 0.15) is 19.3 Å². The van der Waals surface area contributed by atoms with Crippen LogP contribution < -0.4 is 10.6 Å². The smallest absolute Gasteiger partial charge is 0.0380 e. The predicted octanol–water partition coefficient (Wildman–Crippen LogP) is 0.862. The lowest BCUT2D eigenvalue weighted by Crippen LogP contribution is -2.33. The van der Waals surface area contributed by atoms with Crippen molar-refractivity contribution in [2.75, 3.05) is 13.1 Å². The summed E-state index contributed by atoms with van der Waals surface area (Å²) in [6.45, 7) is 5.91. The van der Waals surface area contributed by atoms with E-state index in [9.17, 15) is 0 Å². The van der Waals surface area contributed by atoms with E-state index >= 15 is 0 Å². The van der Waals surface area contributed by atoms with E-state index in [1.54, 1.807) is 6.20 Å². The van der Waals surface area contributed by atoms with Crippen molar-refractivity contribution < 1.29 is 0 Å². The molecule has 1 aliphatic rings. The Hall–Kier alpha value is -0.500. The Balaban J connectivity index is 2.21. The molecule has 0 spiro atoms. The fourth-order valence-electron chi connectivity index (χ4n) is 1.33. The highest BCUT2D eigenvalue weighted by Crippen LogP contribution is 2.03. The van der Waals surface area contributed by atoms with Crippen molar-refractivity contribution in [3.05, 3.63) is 12.8 Å². The summed E-state index contributed by atoms with van der Waals surface area (Å²) in [7, 11) is 0. The minimum Gasteiger partial charge on any atom is -0.387 e. The molecule has 1 atom stereocenters. The summed E-state index contributed by atoms with van der Waals surface area (Å²) in [5.74, 6) is 0. The van der Waals surface area contributed by atoms with Crippen LogP contribution in [0.25, 0.3) is 0 Å². The molecule has 0 amide bonds. The molecule has 1 saturated heterocycles. The fraction of sp³-hybridized carbons (Fsp3) is 0.750. The van der Waals surface area contributed by atoms with Crippen molar-refractivity contribution in [1.29, 1.82) is 0 Å². The molecule has 2 N–H and O–H groups in total.